The van der Waals surface area contributed by atoms with Crippen molar-refractivity contribution in [2.24, 2.45) is 0 Å². The summed E-state index contributed by atoms with van der Waals surface area (Å²) in [5, 5.41) is 6.93. The predicted molar refractivity (Wildman–Crippen MR) is 101 cm³/mol. The number of sulfonamides is 1. The number of nitrogens with zero attached hydrogens (tertiary/aromatic N) is 2. The Bertz CT molecular complexity index is 970. The van der Waals surface area contributed by atoms with Crippen molar-refractivity contribution < 1.29 is 17.7 Å². The Morgan fingerprint density at radius 3 is 2.39 bits per heavy atom. The van der Waals surface area contributed by atoms with Gasteiger partial charge >= 0.3 is 0 Å². The van der Waals surface area contributed by atoms with E-state index in [0.717, 1.165) is 31.4 Å². The van der Waals surface area contributed by atoms with E-state index in [1.165, 1.54) is 0 Å². The second kappa shape index (κ2) is 6.70. The number of hydrogen-bond acceptors (Lipinski definition) is 5. The van der Waals surface area contributed by atoms with E-state index in [-0.39, 0.29) is 24.0 Å². The lowest BCUT2D eigenvalue weighted by Crippen LogP contribution is -2.52. The highest BCUT2D eigenvalue weighted by atomic mass is 32.2. The van der Waals surface area contributed by atoms with Gasteiger partial charge in [0, 0.05) is 30.1 Å². The maximum Gasteiger partial charge on any atom is 0.273 e. The van der Waals surface area contributed by atoms with Crippen LogP contribution >= 0.6 is 0 Å². The molecule has 0 radical (unpaired) electrons. The third-order valence-corrected chi connectivity index (χ3v) is 8.08. The Balaban J connectivity index is 1.28. The number of piperidine rings is 1. The highest BCUT2D eigenvalue weighted by molar-refractivity contribution is 7.89. The van der Waals surface area contributed by atoms with Crippen LogP contribution in [0.2, 0.25) is 0 Å². The Morgan fingerprint density at radius 2 is 1.75 bits per heavy atom. The van der Waals surface area contributed by atoms with Gasteiger partial charge in [0.25, 0.3) is 5.91 Å². The van der Waals surface area contributed by atoms with Crippen molar-refractivity contribution in [2.75, 3.05) is 0 Å². The van der Waals surface area contributed by atoms with E-state index in [1.54, 1.807) is 34.6 Å². The van der Waals surface area contributed by atoms with Crippen molar-refractivity contribution in [3.63, 3.8) is 0 Å². The molecule has 28 heavy (non-hydrogen) atoms. The van der Waals surface area contributed by atoms with Crippen molar-refractivity contribution in [3.8, 4) is 0 Å². The molecule has 3 fully saturated rings. The van der Waals surface area contributed by atoms with E-state index in [1.807, 2.05) is 6.07 Å². The lowest BCUT2D eigenvalue weighted by atomic mass is 9.99. The molecule has 8 heteroatoms. The van der Waals surface area contributed by atoms with Gasteiger partial charge in [-0.05, 0) is 50.7 Å². The summed E-state index contributed by atoms with van der Waals surface area (Å²) in [6, 6.07) is 10.1. The van der Waals surface area contributed by atoms with Crippen LogP contribution in [0.3, 0.4) is 0 Å². The van der Waals surface area contributed by atoms with Crippen LogP contribution in [0.4, 0.5) is 0 Å². The number of nitrogens with one attached hydrogen (secondary N) is 1. The summed E-state index contributed by atoms with van der Waals surface area (Å²) in [6.07, 6.45) is 5.10. The van der Waals surface area contributed by atoms with E-state index in [4.69, 9.17) is 4.52 Å². The van der Waals surface area contributed by atoms with Gasteiger partial charge in [0.2, 0.25) is 10.0 Å². The fourth-order valence-electron chi connectivity index (χ4n) is 4.57. The zero-order valence-electron chi connectivity index (χ0n) is 15.5. The molecule has 1 aromatic carbocycles. The molecule has 0 unspecified atom stereocenters. The summed E-state index contributed by atoms with van der Waals surface area (Å²) in [6.45, 7) is 0. The van der Waals surface area contributed by atoms with Crippen LogP contribution in [0.5, 0.6) is 0 Å². The second-order valence-corrected chi connectivity index (χ2v) is 9.91. The van der Waals surface area contributed by atoms with Gasteiger partial charge in [-0.25, -0.2) is 8.42 Å². The van der Waals surface area contributed by atoms with Gasteiger partial charge in [0.1, 0.15) is 5.76 Å². The molecule has 3 atom stereocenters. The number of amides is 1. The quantitative estimate of drug-likeness (QED) is 0.832. The summed E-state index contributed by atoms with van der Waals surface area (Å²) >= 11 is 0. The minimum atomic E-state index is -3.51. The first-order valence-electron chi connectivity index (χ1n) is 9.88. The molecule has 5 rings (SSSR count). The van der Waals surface area contributed by atoms with E-state index in [9.17, 15) is 13.2 Å². The SMILES string of the molecule is O=C(N[C@H]1C[C@H]2CC[C@@H](C1)N2S(=O)(=O)c1ccccc1)c1cc(C2CC2)on1. The molecule has 3 aliphatic rings. The van der Waals surface area contributed by atoms with Gasteiger partial charge in [-0.1, -0.05) is 23.4 Å². The zero-order chi connectivity index (χ0) is 19.3. The van der Waals surface area contributed by atoms with Crippen LogP contribution < -0.4 is 5.32 Å². The molecule has 2 aliphatic heterocycles. The van der Waals surface area contributed by atoms with Gasteiger partial charge < -0.3 is 9.84 Å². The summed E-state index contributed by atoms with van der Waals surface area (Å²) in [5.74, 6) is 0.963. The summed E-state index contributed by atoms with van der Waals surface area (Å²) < 4.78 is 33.1. The van der Waals surface area contributed by atoms with Gasteiger partial charge in [0.05, 0.1) is 4.90 Å². The van der Waals surface area contributed by atoms with E-state index >= 15 is 0 Å². The van der Waals surface area contributed by atoms with Crippen LogP contribution in [0, 0.1) is 0 Å². The summed E-state index contributed by atoms with van der Waals surface area (Å²) in [5.41, 5.74) is 0.314. The molecular formula is C20H23N3O4S. The summed E-state index contributed by atoms with van der Waals surface area (Å²) in [4.78, 5) is 12.9. The van der Waals surface area contributed by atoms with Crippen molar-refractivity contribution in [1.29, 1.82) is 0 Å². The Hall–Kier alpha value is -2.19. The number of aromatic nitrogens is 1. The number of rotatable bonds is 5. The molecule has 1 saturated carbocycles. The normalized spacial score (nSPS) is 27.6. The monoisotopic (exact) mass is 401 g/mol. The van der Waals surface area contributed by atoms with Crippen molar-refractivity contribution in [2.45, 2.75) is 67.5 Å². The Kier molecular flexibility index (Phi) is 4.28. The number of hydrogen-bond donors (Lipinski definition) is 1. The minimum Gasteiger partial charge on any atom is -0.360 e. The molecule has 3 heterocycles. The average Bonchev–Trinajstić information content (AvgIpc) is 3.35. The second-order valence-electron chi connectivity index (χ2n) is 8.06. The highest BCUT2D eigenvalue weighted by Crippen LogP contribution is 2.41. The van der Waals surface area contributed by atoms with Gasteiger partial charge in [-0.15, -0.1) is 0 Å². The fraction of sp³-hybridized carbons (Fsp3) is 0.500. The number of carbonyl (C=O) groups excluding carboxylic acids is 1. The zero-order valence-corrected chi connectivity index (χ0v) is 16.3. The molecule has 148 valence electrons. The molecule has 2 saturated heterocycles. The summed E-state index contributed by atoms with van der Waals surface area (Å²) in [7, 11) is -3.51. The van der Waals surface area contributed by atoms with E-state index in [2.05, 4.69) is 10.5 Å². The Labute approximate surface area is 164 Å². The molecular weight excluding hydrogens is 378 g/mol. The average molecular weight is 401 g/mol. The van der Waals surface area contributed by atoms with Crippen molar-refractivity contribution in [1.82, 2.24) is 14.8 Å². The Morgan fingerprint density at radius 1 is 1.07 bits per heavy atom. The molecule has 2 aromatic rings. The van der Waals surface area contributed by atoms with Crippen LogP contribution in [0.15, 0.2) is 45.8 Å². The number of carbonyl (C=O) groups is 1. The molecule has 7 nitrogen and oxygen atoms in total. The largest absolute Gasteiger partial charge is 0.360 e. The lowest BCUT2D eigenvalue weighted by Gasteiger charge is -2.38. The molecule has 2 bridgehead atoms. The maximum atomic E-state index is 13.1. The van der Waals surface area contributed by atoms with Gasteiger partial charge in [0.15, 0.2) is 5.69 Å². The standard InChI is InChI=1S/C20H23N3O4S/c24-20(18-12-19(27-22-18)13-6-7-13)21-14-10-15-8-9-16(11-14)23(15)28(25,26)17-4-2-1-3-5-17/h1-5,12-16H,6-11H2,(H,21,24)/t14-,15+,16-. The first-order chi connectivity index (χ1) is 13.5. The lowest BCUT2D eigenvalue weighted by molar-refractivity contribution is 0.0900. The van der Waals surface area contributed by atoms with Crippen molar-refractivity contribution in [3.05, 3.63) is 47.9 Å². The molecule has 1 N–H and O–H groups in total. The first-order valence-corrected chi connectivity index (χ1v) is 11.3. The smallest absolute Gasteiger partial charge is 0.273 e. The van der Waals surface area contributed by atoms with E-state index in [0.29, 0.717) is 29.3 Å². The van der Waals surface area contributed by atoms with Gasteiger partial charge in [-0.3, -0.25) is 4.79 Å². The molecule has 1 aromatic heterocycles. The van der Waals surface area contributed by atoms with Crippen LogP contribution in [0.25, 0.3) is 0 Å². The highest BCUT2D eigenvalue weighted by Gasteiger charge is 2.47. The topological polar surface area (TPSA) is 92.5 Å². The van der Waals surface area contributed by atoms with Crippen molar-refractivity contribution >= 4 is 15.9 Å². The minimum absolute atomic E-state index is 0.0479. The van der Waals surface area contributed by atoms with Crippen LogP contribution in [0.1, 0.15) is 60.7 Å². The maximum absolute atomic E-state index is 13.1. The third kappa shape index (κ3) is 3.14. The van der Waals surface area contributed by atoms with Crippen LogP contribution in [-0.2, 0) is 10.0 Å². The number of fused-ring (bicyclic) bond motifs is 2. The molecule has 0 spiro atoms. The molecule has 1 aliphatic carbocycles. The fourth-order valence-corrected chi connectivity index (χ4v) is 6.49. The van der Waals surface area contributed by atoms with E-state index < -0.39 is 10.0 Å². The van der Waals surface area contributed by atoms with Crippen LogP contribution in [-0.4, -0.2) is 41.9 Å². The predicted octanol–water partition coefficient (Wildman–Crippen LogP) is 2.67. The third-order valence-electron chi connectivity index (χ3n) is 6.06. The first kappa shape index (κ1) is 17.9. The number of benzene rings is 1. The van der Waals surface area contributed by atoms with Gasteiger partial charge in [-0.2, -0.15) is 4.31 Å². The molecule has 1 amide bonds.